The summed E-state index contributed by atoms with van der Waals surface area (Å²) in [5.74, 6) is -1.22. The second kappa shape index (κ2) is 9.56. The van der Waals surface area contributed by atoms with Crippen molar-refractivity contribution in [2.45, 2.75) is 125 Å². The van der Waals surface area contributed by atoms with Crippen LogP contribution in [0.3, 0.4) is 0 Å². The monoisotopic (exact) mass is 572 g/mol. The number of carboxylic acid groups (broad SMARTS) is 1. The van der Waals surface area contributed by atoms with E-state index in [4.69, 9.17) is 9.47 Å². The Balaban J connectivity index is 1.58. The smallest absolute Gasteiger partial charge is 0.310 e. The van der Waals surface area contributed by atoms with E-state index in [1.54, 1.807) is 0 Å². The third-order valence-corrected chi connectivity index (χ3v) is 13.9. The first-order chi connectivity index (χ1) is 18.9. The fraction of sp³-hybridized carbons (Fsp3) is 0.853. The van der Waals surface area contributed by atoms with Crippen LogP contribution in [-0.2, 0) is 23.9 Å². The van der Waals surface area contributed by atoms with Gasteiger partial charge in [0.2, 0.25) is 0 Å². The number of hydrogen-bond donors (Lipinski definition) is 2. The van der Waals surface area contributed by atoms with E-state index < -0.39 is 22.9 Å². The van der Waals surface area contributed by atoms with Gasteiger partial charge >= 0.3 is 17.9 Å². The van der Waals surface area contributed by atoms with Gasteiger partial charge in [-0.3, -0.25) is 14.4 Å². The predicted octanol–water partition coefficient (Wildman–Crippen LogP) is 6.32. The second-order valence-electron chi connectivity index (χ2n) is 16.1. The number of allylic oxidation sites excluding steroid dienone is 1. The highest BCUT2D eigenvalue weighted by Crippen LogP contribution is 2.76. The maximum atomic E-state index is 12.9. The molecule has 0 bridgehead atoms. The van der Waals surface area contributed by atoms with Crippen molar-refractivity contribution in [3.05, 3.63) is 11.6 Å². The molecule has 0 saturated heterocycles. The van der Waals surface area contributed by atoms with Crippen molar-refractivity contribution in [3.63, 3.8) is 0 Å². The Bertz CT molecular complexity index is 1160. The van der Waals surface area contributed by atoms with Gasteiger partial charge in [-0.05, 0) is 91.3 Å². The van der Waals surface area contributed by atoms with E-state index in [9.17, 15) is 24.6 Å². The maximum Gasteiger partial charge on any atom is 0.310 e. The lowest BCUT2D eigenvalue weighted by Crippen LogP contribution is -2.67. The normalized spacial score (nSPS) is 48.3. The summed E-state index contributed by atoms with van der Waals surface area (Å²) in [6.45, 7) is 16.6. The van der Waals surface area contributed by atoms with E-state index in [0.29, 0.717) is 25.2 Å². The van der Waals surface area contributed by atoms with E-state index >= 15 is 0 Å². The molecule has 7 nitrogen and oxygen atoms in total. The lowest BCUT2D eigenvalue weighted by molar-refractivity contribution is -0.229. The number of aliphatic hydroxyl groups excluding tert-OH is 1. The molecular formula is C34H52O7. The molecule has 5 rings (SSSR count). The summed E-state index contributed by atoms with van der Waals surface area (Å²) in [5, 5.41) is 22.4. The van der Waals surface area contributed by atoms with Gasteiger partial charge < -0.3 is 19.7 Å². The van der Waals surface area contributed by atoms with Crippen LogP contribution in [0.25, 0.3) is 0 Å². The second-order valence-corrected chi connectivity index (χ2v) is 16.1. The summed E-state index contributed by atoms with van der Waals surface area (Å²) >= 11 is 0. The summed E-state index contributed by atoms with van der Waals surface area (Å²) in [6, 6.07) is 0. The molecule has 4 fully saturated rings. The highest BCUT2D eigenvalue weighted by molar-refractivity contribution is 5.77. The maximum absolute atomic E-state index is 12.9. The van der Waals surface area contributed by atoms with Gasteiger partial charge in [-0.15, -0.1) is 0 Å². The van der Waals surface area contributed by atoms with Crippen LogP contribution in [0.4, 0.5) is 0 Å². The number of aliphatic hydroxyl groups is 1. The first kappa shape index (κ1) is 30.6. The van der Waals surface area contributed by atoms with Crippen LogP contribution in [0.2, 0.25) is 0 Å². The molecule has 0 unspecified atom stereocenters. The van der Waals surface area contributed by atoms with Gasteiger partial charge in [-0.2, -0.15) is 0 Å². The molecule has 0 aromatic heterocycles. The van der Waals surface area contributed by atoms with Crippen molar-refractivity contribution in [1.29, 1.82) is 0 Å². The van der Waals surface area contributed by atoms with Crippen molar-refractivity contribution >= 4 is 17.9 Å². The third kappa shape index (κ3) is 4.10. The van der Waals surface area contributed by atoms with Crippen LogP contribution in [0.1, 0.15) is 113 Å². The molecule has 41 heavy (non-hydrogen) atoms. The average molecular weight is 573 g/mol. The zero-order chi connectivity index (χ0) is 30.4. The Morgan fingerprint density at radius 3 is 2.15 bits per heavy atom. The lowest BCUT2D eigenvalue weighted by atomic mass is 9.33. The molecule has 0 spiro atoms. The minimum absolute atomic E-state index is 0.0740. The summed E-state index contributed by atoms with van der Waals surface area (Å²) in [6.07, 6.45) is 8.42. The lowest BCUT2D eigenvalue weighted by Gasteiger charge is -2.71. The van der Waals surface area contributed by atoms with Gasteiger partial charge in [0.05, 0.1) is 11.5 Å². The average Bonchev–Trinajstić information content (AvgIpc) is 2.87. The predicted molar refractivity (Wildman–Crippen MR) is 155 cm³/mol. The van der Waals surface area contributed by atoms with E-state index in [0.717, 1.165) is 38.5 Å². The molecule has 0 radical (unpaired) electrons. The van der Waals surface area contributed by atoms with Gasteiger partial charge in [-0.1, -0.05) is 53.2 Å². The molecule has 10 atom stereocenters. The Morgan fingerprint density at radius 1 is 0.878 bits per heavy atom. The fourth-order valence-electron chi connectivity index (χ4n) is 11.3. The Kier molecular flexibility index (Phi) is 7.12. The topological polar surface area (TPSA) is 110 Å². The van der Waals surface area contributed by atoms with E-state index in [1.165, 1.54) is 19.4 Å². The van der Waals surface area contributed by atoms with E-state index in [1.807, 2.05) is 0 Å². The summed E-state index contributed by atoms with van der Waals surface area (Å²) in [7, 11) is 0. The number of rotatable bonds is 4. The van der Waals surface area contributed by atoms with Crippen molar-refractivity contribution in [1.82, 2.24) is 0 Å². The highest BCUT2D eigenvalue weighted by Gasteiger charge is 2.71. The first-order valence-electron chi connectivity index (χ1n) is 15.8. The van der Waals surface area contributed by atoms with Crippen molar-refractivity contribution in [2.24, 2.45) is 50.2 Å². The third-order valence-electron chi connectivity index (χ3n) is 13.9. The standard InChI is InChI=1S/C34H52O7/c1-20(35)40-19-31(6)23-11-14-33(8)24(30(23,5)13-12-25(31)41-21(2)36)10-9-22-26-27(37)29(3,4)15-17-34(26,28(38)39)18-16-32(22,33)7/h9,23-27,37H,10-19H2,1-8H3,(H,38,39)/t23-,24+,25+,26-,27+,30+,31-,32-,33-,34+/m1/s1. The first-order valence-corrected chi connectivity index (χ1v) is 15.8. The zero-order valence-corrected chi connectivity index (χ0v) is 26.5. The molecule has 7 heteroatoms. The van der Waals surface area contributed by atoms with E-state index in [-0.39, 0.29) is 58.1 Å². The number of ether oxygens (including phenoxy) is 2. The molecule has 0 aromatic rings. The van der Waals surface area contributed by atoms with Crippen LogP contribution in [-0.4, -0.2) is 46.9 Å². The van der Waals surface area contributed by atoms with Crippen molar-refractivity contribution in [3.8, 4) is 0 Å². The molecule has 2 N–H and O–H groups in total. The molecule has 230 valence electrons. The van der Waals surface area contributed by atoms with Crippen LogP contribution < -0.4 is 0 Å². The summed E-state index contributed by atoms with van der Waals surface area (Å²) in [5.41, 5.74) is -0.928. The molecule has 0 aromatic carbocycles. The molecule has 4 saturated carbocycles. The van der Waals surface area contributed by atoms with Crippen LogP contribution >= 0.6 is 0 Å². The summed E-state index contributed by atoms with van der Waals surface area (Å²) < 4.78 is 11.6. The number of carbonyl (C=O) groups is 3. The molecule has 0 heterocycles. The zero-order valence-electron chi connectivity index (χ0n) is 26.5. The van der Waals surface area contributed by atoms with Crippen LogP contribution in [0.15, 0.2) is 11.6 Å². The van der Waals surface area contributed by atoms with Gasteiger partial charge in [0.25, 0.3) is 0 Å². The Labute approximate surface area is 245 Å². The largest absolute Gasteiger partial charge is 0.481 e. The Morgan fingerprint density at radius 2 is 1.54 bits per heavy atom. The number of aliphatic carboxylic acids is 1. The quantitative estimate of drug-likeness (QED) is 0.300. The van der Waals surface area contributed by atoms with Gasteiger partial charge in [0, 0.05) is 25.2 Å². The molecule has 5 aliphatic rings. The van der Waals surface area contributed by atoms with Gasteiger partial charge in [0.1, 0.15) is 12.7 Å². The number of hydrogen-bond acceptors (Lipinski definition) is 6. The van der Waals surface area contributed by atoms with Crippen LogP contribution in [0, 0.1) is 50.2 Å². The minimum Gasteiger partial charge on any atom is -0.481 e. The molecular weight excluding hydrogens is 520 g/mol. The van der Waals surface area contributed by atoms with Crippen molar-refractivity contribution in [2.75, 3.05) is 6.61 Å². The number of carbonyl (C=O) groups excluding carboxylic acids is 2. The van der Waals surface area contributed by atoms with Crippen LogP contribution in [0.5, 0.6) is 0 Å². The minimum atomic E-state index is -0.907. The summed E-state index contributed by atoms with van der Waals surface area (Å²) in [4.78, 5) is 37.0. The SMILES string of the molecule is CC(=O)OC[C@]1(C)[C@@H]2CC[C@]3(C)[C@@H](CC=C4[C@@H]5[C@H](O)C(C)(C)CC[C@]5(C(=O)O)CC[C@]43C)[C@@]2(C)CC[C@@H]1OC(C)=O. The highest BCUT2D eigenvalue weighted by atomic mass is 16.6. The van der Waals surface area contributed by atoms with Gasteiger partial charge in [0.15, 0.2) is 0 Å². The van der Waals surface area contributed by atoms with Gasteiger partial charge in [-0.25, -0.2) is 0 Å². The molecule has 5 aliphatic carbocycles. The number of esters is 2. The fourth-order valence-corrected chi connectivity index (χ4v) is 11.3. The molecule has 0 aliphatic heterocycles. The van der Waals surface area contributed by atoms with Crippen molar-refractivity contribution < 1.29 is 34.1 Å². The Hall–Kier alpha value is -1.89. The number of fused-ring (bicyclic) bond motifs is 7. The number of carboxylic acids is 1. The molecule has 0 amide bonds. The van der Waals surface area contributed by atoms with E-state index in [2.05, 4.69) is 47.6 Å².